The minimum absolute atomic E-state index is 0.189. The number of rotatable bonds is 2. The van der Waals surface area contributed by atoms with E-state index in [0.717, 1.165) is 5.56 Å². The number of hydrogen-bond donors (Lipinski definition) is 0. The van der Waals surface area contributed by atoms with E-state index in [1.54, 1.807) is 24.3 Å². The van der Waals surface area contributed by atoms with Gasteiger partial charge in [0, 0.05) is 12.2 Å². The zero-order chi connectivity index (χ0) is 12.7. The van der Waals surface area contributed by atoms with Crippen molar-refractivity contribution in [2.75, 3.05) is 0 Å². The van der Waals surface area contributed by atoms with Gasteiger partial charge in [0.15, 0.2) is 0 Å². The molecule has 2 unspecified atom stereocenters. The third kappa shape index (κ3) is 1.59. The van der Waals surface area contributed by atoms with Crippen molar-refractivity contribution in [1.29, 1.82) is 0 Å². The molecule has 0 heterocycles. The predicted molar refractivity (Wildman–Crippen MR) is 66.4 cm³/mol. The highest BCUT2D eigenvalue weighted by Crippen LogP contribution is 2.51. The largest absolute Gasteiger partial charge is 0.328 e. The molecule has 1 aliphatic carbocycles. The molecule has 3 nitrogen and oxygen atoms in total. The molecule has 2 rings (SSSR count). The van der Waals surface area contributed by atoms with Crippen LogP contribution in [0.15, 0.2) is 29.2 Å². The first-order chi connectivity index (χ1) is 7.94. The molecular weight excluding hydrogens is 233 g/mol. The summed E-state index contributed by atoms with van der Waals surface area (Å²) in [5.74, 6) is -0.577. The fourth-order valence-electron chi connectivity index (χ4n) is 2.01. The highest BCUT2D eigenvalue weighted by atomic mass is 32.2. The summed E-state index contributed by atoms with van der Waals surface area (Å²) in [6.07, 6.45) is 0.918. The summed E-state index contributed by atoms with van der Waals surface area (Å²) in [7, 11) is 2.07. The molecule has 1 aliphatic rings. The summed E-state index contributed by atoms with van der Waals surface area (Å²) in [4.78, 5) is 2.06. The minimum atomic E-state index is -3.66. The van der Waals surface area contributed by atoms with Crippen LogP contribution in [0.3, 0.4) is 0 Å². The van der Waals surface area contributed by atoms with Crippen molar-refractivity contribution >= 4 is 17.7 Å². The molecule has 0 aromatic heterocycles. The summed E-state index contributed by atoms with van der Waals surface area (Å²) >= 11 is 0. The lowest BCUT2D eigenvalue weighted by atomic mass is 9.66. The van der Waals surface area contributed by atoms with E-state index in [9.17, 15) is 8.42 Å². The van der Waals surface area contributed by atoms with Gasteiger partial charge in [0.1, 0.15) is 0 Å². The Morgan fingerprint density at radius 3 is 2.35 bits per heavy atom. The van der Waals surface area contributed by atoms with Crippen LogP contribution in [0.5, 0.6) is 0 Å². The van der Waals surface area contributed by atoms with E-state index < -0.39 is 20.5 Å². The summed E-state index contributed by atoms with van der Waals surface area (Å²) in [5.41, 5.74) is 0.985. The topological polar surface area (TPSA) is 38.5 Å². The van der Waals surface area contributed by atoms with Crippen LogP contribution in [0.4, 0.5) is 0 Å². The number of aryl methyl sites for hydroxylation is 1. The van der Waals surface area contributed by atoms with Crippen LogP contribution in [-0.2, 0) is 9.84 Å². The van der Waals surface area contributed by atoms with Gasteiger partial charge in [-0.2, -0.15) is 0 Å². The van der Waals surface area contributed by atoms with Gasteiger partial charge in [0.2, 0.25) is 0 Å². The fraction of sp³-hybridized carbons (Fsp3) is 0.417. The van der Waals surface area contributed by atoms with Gasteiger partial charge in [-0.05, 0) is 25.5 Å². The number of benzene rings is 1. The second-order valence-corrected chi connectivity index (χ2v) is 6.60. The first kappa shape index (κ1) is 12.2. The van der Waals surface area contributed by atoms with Gasteiger partial charge < -0.3 is 0 Å². The molecule has 0 spiro atoms. The minimum Gasteiger partial charge on any atom is -0.293 e. The third-order valence-corrected chi connectivity index (χ3v) is 5.80. The van der Waals surface area contributed by atoms with Gasteiger partial charge >= 0.3 is 4.87 Å². The van der Waals surface area contributed by atoms with Crippen LogP contribution < -0.4 is 0 Å². The molecule has 2 atom stereocenters. The van der Waals surface area contributed by atoms with Gasteiger partial charge in [-0.15, -0.1) is 0 Å². The second kappa shape index (κ2) is 3.88. The first-order valence-corrected chi connectivity index (χ1v) is 6.88. The molecule has 0 amide bonds. The molecule has 2 radical (unpaired) electrons. The molecule has 86 valence electrons. The van der Waals surface area contributed by atoms with Crippen LogP contribution in [-0.4, -0.2) is 21.1 Å². The van der Waals surface area contributed by atoms with Gasteiger partial charge in [-0.1, -0.05) is 17.7 Å². The van der Waals surface area contributed by atoms with Crippen LogP contribution >= 0.6 is 0 Å². The zero-order valence-electron chi connectivity index (χ0n) is 9.55. The molecule has 0 N–H and O–H groups in total. The van der Waals surface area contributed by atoms with Gasteiger partial charge in [-0.3, -0.25) is 4.85 Å². The lowest BCUT2D eigenvalue weighted by molar-refractivity contribution is 0.396. The third-order valence-electron chi connectivity index (χ3n) is 3.38. The number of nitrogens with zero attached hydrogens (tertiary/aromatic N) is 1. The second-order valence-electron chi connectivity index (χ2n) is 4.42. The van der Waals surface area contributed by atoms with Gasteiger partial charge in [-0.25, -0.2) is 15.0 Å². The SMILES string of the molecule is [B]C1CCC1([N+]#[C-])S(=O)(=O)c1ccc(C)cc1. The summed E-state index contributed by atoms with van der Waals surface area (Å²) in [6.45, 7) is 9.04. The summed E-state index contributed by atoms with van der Waals surface area (Å²) in [5, 5.41) is 0. The lowest BCUT2D eigenvalue weighted by Gasteiger charge is -2.36. The van der Waals surface area contributed by atoms with E-state index in [-0.39, 0.29) is 4.90 Å². The van der Waals surface area contributed by atoms with Gasteiger partial charge in [0.05, 0.1) is 12.7 Å². The number of sulfone groups is 1. The predicted octanol–water partition coefficient (Wildman–Crippen LogP) is 2.14. The first-order valence-electron chi connectivity index (χ1n) is 5.39. The van der Waals surface area contributed by atoms with E-state index in [4.69, 9.17) is 14.4 Å². The van der Waals surface area contributed by atoms with Crippen molar-refractivity contribution in [3.8, 4) is 0 Å². The maximum Gasteiger partial charge on any atom is 0.328 e. The summed E-state index contributed by atoms with van der Waals surface area (Å²) < 4.78 is 24.8. The van der Waals surface area contributed by atoms with E-state index in [0.29, 0.717) is 12.8 Å². The highest BCUT2D eigenvalue weighted by molar-refractivity contribution is 7.93. The van der Waals surface area contributed by atoms with Crippen molar-refractivity contribution in [1.82, 2.24) is 0 Å². The molecule has 1 saturated carbocycles. The van der Waals surface area contributed by atoms with Crippen LogP contribution in [0, 0.1) is 13.5 Å². The Hall–Kier alpha value is -1.28. The van der Waals surface area contributed by atoms with Crippen LogP contribution in [0.25, 0.3) is 4.85 Å². The maximum absolute atomic E-state index is 12.4. The standard InChI is InChI=1S/C12H12BNO2S/c1-9-3-5-10(6-4-9)17(15,16)12(14-2)8-7-11(12)13/h3-6,11H,7-8H2,1H3. The lowest BCUT2D eigenvalue weighted by Crippen LogP contribution is -2.47. The Labute approximate surface area is 103 Å². The molecule has 0 aliphatic heterocycles. The summed E-state index contributed by atoms with van der Waals surface area (Å²) in [6, 6.07) is 6.55. The van der Waals surface area contributed by atoms with E-state index in [1.807, 2.05) is 6.92 Å². The Kier molecular flexibility index (Phi) is 2.78. The Morgan fingerprint density at radius 2 is 2.00 bits per heavy atom. The molecule has 17 heavy (non-hydrogen) atoms. The molecule has 1 fully saturated rings. The average molecular weight is 245 g/mol. The maximum atomic E-state index is 12.4. The van der Waals surface area contributed by atoms with Gasteiger partial charge in [0.25, 0.3) is 9.84 Å². The smallest absolute Gasteiger partial charge is 0.293 e. The van der Waals surface area contributed by atoms with Crippen molar-refractivity contribution in [3.05, 3.63) is 41.2 Å². The Balaban J connectivity index is 2.51. The quantitative estimate of drug-likeness (QED) is 0.591. The zero-order valence-corrected chi connectivity index (χ0v) is 10.4. The van der Waals surface area contributed by atoms with E-state index in [1.165, 1.54) is 0 Å². The van der Waals surface area contributed by atoms with E-state index >= 15 is 0 Å². The molecular formula is C12H12BNO2S. The molecule has 0 saturated heterocycles. The molecule has 1 aromatic rings. The fourth-order valence-corrected chi connectivity index (χ4v) is 3.94. The highest BCUT2D eigenvalue weighted by Gasteiger charge is 2.61. The van der Waals surface area contributed by atoms with Crippen molar-refractivity contribution < 1.29 is 8.42 Å². The van der Waals surface area contributed by atoms with Crippen LogP contribution in [0.1, 0.15) is 18.4 Å². The average Bonchev–Trinajstić information content (AvgIpc) is 2.28. The number of hydrogen-bond acceptors (Lipinski definition) is 2. The molecule has 0 bridgehead atoms. The molecule has 5 heteroatoms. The van der Waals surface area contributed by atoms with Crippen molar-refractivity contribution in [2.24, 2.45) is 0 Å². The Bertz CT molecular complexity index is 574. The van der Waals surface area contributed by atoms with Crippen LogP contribution in [0.2, 0.25) is 5.82 Å². The molecule has 1 aromatic carbocycles. The normalized spacial score (nSPS) is 28.1. The van der Waals surface area contributed by atoms with E-state index in [2.05, 4.69) is 4.85 Å². The monoisotopic (exact) mass is 245 g/mol. The van der Waals surface area contributed by atoms with Crippen molar-refractivity contribution in [3.63, 3.8) is 0 Å². The Morgan fingerprint density at radius 1 is 1.41 bits per heavy atom. The van der Waals surface area contributed by atoms with Crippen molar-refractivity contribution in [2.45, 2.75) is 35.3 Å².